The minimum absolute atomic E-state index is 0.138. The average Bonchev–Trinajstić information content (AvgIpc) is 3.07. The summed E-state index contributed by atoms with van der Waals surface area (Å²) in [5.41, 5.74) is 0.766. The van der Waals surface area contributed by atoms with Crippen LogP contribution in [0.1, 0.15) is 30.6 Å². The number of methoxy groups -OCH3 is 1. The van der Waals surface area contributed by atoms with Crippen molar-refractivity contribution in [3.05, 3.63) is 30.1 Å². The third kappa shape index (κ3) is 4.06. The summed E-state index contributed by atoms with van der Waals surface area (Å²) in [6.07, 6.45) is 1.72. The Labute approximate surface area is 138 Å². The first-order chi connectivity index (χ1) is 11.4. The van der Waals surface area contributed by atoms with Gasteiger partial charge in [0.2, 0.25) is 0 Å². The van der Waals surface area contributed by atoms with Crippen molar-refractivity contribution >= 4 is 11.9 Å². The van der Waals surface area contributed by atoms with Crippen molar-refractivity contribution in [1.82, 2.24) is 25.5 Å². The maximum atomic E-state index is 12.4. The fourth-order valence-electron chi connectivity index (χ4n) is 2.22. The predicted octanol–water partition coefficient (Wildman–Crippen LogP) is 0.900. The first-order valence-corrected chi connectivity index (χ1v) is 7.37. The van der Waals surface area contributed by atoms with Crippen LogP contribution >= 0.6 is 0 Å². The van der Waals surface area contributed by atoms with Gasteiger partial charge >= 0.3 is 5.97 Å². The highest BCUT2D eigenvalue weighted by Crippen LogP contribution is 2.23. The second-order valence-electron chi connectivity index (χ2n) is 5.63. The largest absolute Gasteiger partial charge is 0.494 e. The summed E-state index contributed by atoms with van der Waals surface area (Å²) in [7, 11) is 1.49. The highest BCUT2D eigenvalue weighted by Gasteiger charge is 2.22. The zero-order valence-electron chi connectivity index (χ0n) is 13.6. The Balaban J connectivity index is 2.26. The van der Waals surface area contributed by atoms with Crippen LogP contribution in [-0.4, -0.2) is 50.3 Å². The number of aromatic nitrogens is 4. The van der Waals surface area contributed by atoms with Crippen molar-refractivity contribution in [1.29, 1.82) is 0 Å². The smallest absolute Gasteiger partial charge is 0.326 e. The molecule has 24 heavy (non-hydrogen) atoms. The van der Waals surface area contributed by atoms with Gasteiger partial charge in [-0.1, -0.05) is 13.8 Å². The number of rotatable bonds is 7. The number of hydrogen-bond acceptors (Lipinski definition) is 6. The van der Waals surface area contributed by atoms with E-state index in [1.807, 2.05) is 13.8 Å². The van der Waals surface area contributed by atoms with Gasteiger partial charge in [0.05, 0.1) is 7.11 Å². The van der Waals surface area contributed by atoms with Crippen LogP contribution in [0.4, 0.5) is 0 Å². The molecule has 1 heterocycles. The maximum absolute atomic E-state index is 12.4. The van der Waals surface area contributed by atoms with Crippen molar-refractivity contribution in [2.75, 3.05) is 7.11 Å². The van der Waals surface area contributed by atoms with Crippen LogP contribution < -0.4 is 10.1 Å². The zero-order chi connectivity index (χ0) is 17.7. The molecule has 1 atom stereocenters. The maximum Gasteiger partial charge on any atom is 0.326 e. The number of nitrogens with zero attached hydrogens (tertiary/aromatic N) is 4. The lowest BCUT2D eigenvalue weighted by Gasteiger charge is -2.17. The van der Waals surface area contributed by atoms with Crippen LogP contribution in [0.25, 0.3) is 5.69 Å². The molecule has 2 aromatic rings. The lowest BCUT2D eigenvalue weighted by Crippen LogP contribution is -2.41. The molecule has 0 bridgehead atoms. The second kappa shape index (κ2) is 7.53. The standard InChI is InChI=1S/C15H19N5O4/c1-9(2)6-11(15(22)23)17-14(21)10-4-5-13(24-3)12(7-10)20-8-16-18-19-20/h4-5,7-9,11H,6H2,1-3H3,(H,17,21)(H,22,23)/t11-/m0/s1. The predicted molar refractivity (Wildman–Crippen MR) is 84.1 cm³/mol. The van der Waals surface area contributed by atoms with Crippen molar-refractivity contribution in [3.63, 3.8) is 0 Å². The number of aliphatic carboxylic acids is 1. The van der Waals surface area contributed by atoms with Crippen molar-refractivity contribution in [3.8, 4) is 11.4 Å². The minimum Gasteiger partial charge on any atom is -0.494 e. The molecule has 9 nitrogen and oxygen atoms in total. The third-order valence-corrected chi connectivity index (χ3v) is 3.35. The van der Waals surface area contributed by atoms with Gasteiger partial charge in [0, 0.05) is 5.56 Å². The fraction of sp³-hybridized carbons (Fsp3) is 0.400. The van der Waals surface area contributed by atoms with E-state index in [9.17, 15) is 14.7 Å². The molecule has 0 aliphatic rings. The Morgan fingerprint density at radius 1 is 1.38 bits per heavy atom. The van der Waals surface area contributed by atoms with Gasteiger partial charge in [-0.25, -0.2) is 4.79 Å². The molecule has 0 saturated carbocycles. The number of carbonyl (C=O) groups excluding carboxylic acids is 1. The molecule has 0 saturated heterocycles. The minimum atomic E-state index is -1.06. The summed E-state index contributed by atoms with van der Waals surface area (Å²) in [5, 5.41) is 22.6. The van der Waals surface area contributed by atoms with Crippen LogP contribution in [0.15, 0.2) is 24.5 Å². The number of tetrazole rings is 1. The SMILES string of the molecule is COc1ccc(C(=O)N[C@@H](CC(C)C)C(=O)O)cc1-n1cnnn1. The first kappa shape index (κ1) is 17.4. The summed E-state index contributed by atoms with van der Waals surface area (Å²) in [4.78, 5) is 23.7. The molecule has 1 aromatic heterocycles. The van der Waals surface area contributed by atoms with Gasteiger partial charge in [0.15, 0.2) is 0 Å². The Kier molecular flexibility index (Phi) is 5.46. The van der Waals surface area contributed by atoms with Crippen LogP contribution in [0.3, 0.4) is 0 Å². The highest BCUT2D eigenvalue weighted by molar-refractivity contribution is 5.97. The summed E-state index contributed by atoms with van der Waals surface area (Å²) in [6, 6.07) is 3.75. The number of nitrogens with one attached hydrogen (secondary N) is 1. The molecule has 0 fully saturated rings. The average molecular weight is 333 g/mol. The van der Waals surface area contributed by atoms with Gasteiger partial charge in [0.25, 0.3) is 5.91 Å². The molecule has 0 unspecified atom stereocenters. The van der Waals surface area contributed by atoms with Gasteiger partial charge in [-0.05, 0) is 41.0 Å². The molecule has 2 N–H and O–H groups in total. The van der Waals surface area contributed by atoms with Crippen molar-refractivity contribution < 1.29 is 19.4 Å². The Hall–Kier alpha value is -2.97. The van der Waals surface area contributed by atoms with E-state index in [4.69, 9.17) is 4.74 Å². The molecule has 0 aliphatic heterocycles. The molecule has 0 spiro atoms. The fourth-order valence-corrected chi connectivity index (χ4v) is 2.22. The number of carbonyl (C=O) groups is 2. The monoisotopic (exact) mass is 333 g/mol. The van der Waals surface area contributed by atoms with Crippen LogP contribution in [0.5, 0.6) is 5.75 Å². The second-order valence-corrected chi connectivity index (χ2v) is 5.63. The Morgan fingerprint density at radius 2 is 2.12 bits per heavy atom. The van der Waals surface area contributed by atoms with E-state index in [0.717, 1.165) is 0 Å². The lowest BCUT2D eigenvalue weighted by molar-refractivity contribution is -0.139. The summed E-state index contributed by atoms with van der Waals surface area (Å²) >= 11 is 0. The van der Waals surface area contributed by atoms with Gasteiger partial charge in [-0.15, -0.1) is 5.10 Å². The van der Waals surface area contributed by atoms with Crippen molar-refractivity contribution in [2.45, 2.75) is 26.3 Å². The number of benzene rings is 1. The van der Waals surface area contributed by atoms with E-state index in [-0.39, 0.29) is 11.5 Å². The topological polar surface area (TPSA) is 119 Å². The summed E-state index contributed by atoms with van der Waals surface area (Å²) < 4.78 is 6.59. The van der Waals surface area contributed by atoms with E-state index in [2.05, 4.69) is 20.8 Å². The van der Waals surface area contributed by atoms with E-state index >= 15 is 0 Å². The van der Waals surface area contributed by atoms with Crippen LogP contribution in [0, 0.1) is 5.92 Å². The van der Waals surface area contributed by atoms with Gasteiger partial charge in [-0.2, -0.15) is 4.68 Å². The summed E-state index contributed by atoms with van der Waals surface area (Å²) in [6.45, 7) is 3.79. The Bertz CT molecular complexity index is 715. The van der Waals surface area contributed by atoms with Gasteiger partial charge < -0.3 is 15.2 Å². The molecule has 2 rings (SSSR count). The zero-order valence-corrected chi connectivity index (χ0v) is 13.6. The van der Waals surface area contributed by atoms with Gasteiger partial charge in [-0.3, -0.25) is 4.79 Å². The van der Waals surface area contributed by atoms with E-state index < -0.39 is 17.9 Å². The van der Waals surface area contributed by atoms with Gasteiger partial charge in [0.1, 0.15) is 23.8 Å². The lowest BCUT2D eigenvalue weighted by atomic mass is 10.0. The molecular formula is C15H19N5O4. The first-order valence-electron chi connectivity index (χ1n) is 7.37. The summed E-state index contributed by atoms with van der Waals surface area (Å²) in [5.74, 6) is -0.929. The quantitative estimate of drug-likeness (QED) is 0.772. The van der Waals surface area contributed by atoms with Crippen LogP contribution in [0.2, 0.25) is 0 Å². The molecule has 0 radical (unpaired) electrons. The number of ether oxygens (including phenoxy) is 1. The molecular weight excluding hydrogens is 314 g/mol. The number of carboxylic acid groups (broad SMARTS) is 1. The number of carboxylic acids is 1. The highest BCUT2D eigenvalue weighted by atomic mass is 16.5. The van der Waals surface area contributed by atoms with E-state index in [1.165, 1.54) is 18.1 Å². The third-order valence-electron chi connectivity index (χ3n) is 3.35. The number of hydrogen-bond donors (Lipinski definition) is 2. The van der Waals surface area contributed by atoms with Crippen molar-refractivity contribution in [2.24, 2.45) is 5.92 Å². The molecule has 9 heteroatoms. The number of amides is 1. The van der Waals surface area contributed by atoms with E-state index in [0.29, 0.717) is 17.9 Å². The van der Waals surface area contributed by atoms with Crippen LogP contribution in [-0.2, 0) is 4.79 Å². The normalized spacial score (nSPS) is 12.0. The molecule has 1 amide bonds. The molecule has 0 aliphatic carbocycles. The molecule has 128 valence electrons. The van der Waals surface area contributed by atoms with E-state index in [1.54, 1.807) is 18.2 Å². The molecule has 1 aromatic carbocycles. The Morgan fingerprint density at radius 3 is 2.67 bits per heavy atom.